The zero-order chi connectivity index (χ0) is 15.8. The van der Waals surface area contributed by atoms with Crippen LogP contribution in [-0.2, 0) is 7.05 Å². The number of thiazole rings is 1. The maximum Gasteiger partial charge on any atom is 0.211 e. The summed E-state index contributed by atoms with van der Waals surface area (Å²) in [7, 11) is 2.01. The van der Waals surface area contributed by atoms with Crippen molar-refractivity contribution in [2.24, 2.45) is 17.3 Å². The van der Waals surface area contributed by atoms with Crippen LogP contribution in [0.1, 0.15) is 5.56 Å². The van der Waals surface area contributed by atoms with E-state index in [0.717, 1.165) is 25.7 Å². The highest BCUT2D eigenvalue weighted by Crippen LogP contribution is 2.21. The van der Waals surface area contributed by atoms with E-state index in [1.165, 1.54) is 10.2 Å². The molecule has 6 heteroatoms. The number of hydrogen-bond donors (Lipinski definition) is 1. The summed E-state index contributed by atoms with van der Waals surface area (Å²) in [5.41, 5.74) is 3.28. The van der Waals surface area contributed by atoms with Crippen LogP contribution in [0.2, 0.25) is 0 Å². The molecule has 0 aliphatic rings. The summed E-state index contributed by atoms with van der Waals surface area (Å²) in [6.07, 6.45) is 3.73. The van der Waals surface area contributed by atoms with Gasteiger partial charge in [-0.05, 0) is 30.3 Å². The highest BCUT2D eigenvalue weighted by atomic mass is 79.9. The fraction of sp³-hybridized carbons (Fsp3) is 0.0588. The van der Waals surface area contributed by atoms with Crippen molar-refractivity contribution < 1.29 is 0 Å². The van der Waals surface area contributed by atoms with E-state index in [4.69, 9.17) is 0 Å². The lowest BCUT2D eigenvalue weighted by atomic mass is 10.2. The van der Waals surface area contributed by atoms with Gasteiger partial charge in [0.2, 0.25) is 4.80 Å². The van der Waals surface area contributed by atoms with Crippen molar-refractivity contribution >= 4 is 54.6 Å². The normalized spacial score (nSPS) is 12.9. The summed E-state index contributed by atoms with van der Waals surface area (Å²) in [4.78, 5) is 4.12. The molecule has 0 atom stereocenters. The Hall–Kier alpha value is -2.18. The second-order valence-corrected chi connectivity index (χ2v) is 7.11. The Bertz CT molecular complexity index is 1100. The first-order valence-corrected chi connectivity index (χ1v) is 8.71. The van der Waals surface area contributed by atoms with Gasteiger partial charge in [0.1, 0.15) is 0 Å². The minimum atomic E-state index is 0.878. The van der Waals surface area contributed by atoms with Gasteiger partial charge in [0.25, 0.3) is 0 Å². The number of hydrogen-bond acceptors (Lipinski definition) is 3. The summed E-state index contributed by atoms with van der Waals surface area (Å²) < 4.78 is 4.32. The molecule has 2 heterocycles. The van der Waals surface area contributed by atoms with Crippen molar-refractivity contribution in [3.8, 4) is 0 Å². The number of nitrogens with one attached hydrogen (secondary N) is 1. The maximum atomic E-state index is 4.37. The second kappa shape index (κ2) is 5.79. The molecule has 0 radical (unpaired) electrons. The van der Waals surface area contributed by atoms with Gasteiger partial charge in [-0.3, -0.25) is 0 Å². The van der Waals surface area contributed by atoms with Gasteiger partial charge in [0.05, 0.1) is 16.4 Å². The molecule has 4 rings (SSSR count). The van der Waals surface area contributed by atoms with Gasteiger partial charge in [0, 0.05) is 34.2 Å². The SMILES string of the molecule is Cn1/c(=N/N=C\c2c[nH]c3ccc(Br)cc23)sc2ccccc21. The molecule has 0 bridgehead atoms. The van der Waals surface area contributed by atoms with E-state index in [2.05, 4.69) is 53.9 Å². The van der Waals surface area contributed by atoms with E-state index in [-0.39, 0.29) is 0 Å². The van der Waals surface area contributed by atoms with Gasteiger partial charge < -0.3 is 9.55 Å². The lowest BCUT2D eigenvalue weighted by Crippen LogP contribution is -2.08. The smallest absolute Gasteiger partial charge is 0.211 e. The molecule has 0 saturated heterocycles. The average molecular weight is 385 g/mol. The van der Waals surface area contributed by atoms with E-state index in [1.54, 1.807) is 17.6 Å². The molecule has 0 saturated carbocycles. The predicted molar refractivity (Wildman–Crippen MR) is 100.0 cm³/mol. The topological polar surface area (TPSA) is 45.4 Å². The molecule has 0 spiro atoms. The number of H-pyrrole nitrogens is 1. The monoisotopic (exact) mass is 384 g/mol. The van der Waals surface area contributed by atoms with E-state index in [9.17, 15) is 0 Å². The van der Waals surface area contributed by atoms with Crippen LogP contribution < -0.4 is 4.80 Å². The number of aromatic nitrogens is 2. The van der Waals surface area contributed by atoms with Crippen molar-refractivity contribution in [1.29, 1.82) is 0 Å². The number of benzene rings is 2. The minimum Gasteiger partial charge on any atom is -0.361 e. The lowest BCUT2D eigenvalue weighted by molar-refractivity contribution is 0.889. The van der Waals surface area contributed by atoms with Crippen molar-refractivity contribution in [2.75, 3.05) is 0 Å². The molecular formula is C17H13BrN4S. The number of fused-ring (bicyclic) bond motifs is 2. The number of halogens is 1. The number of rotatable bonds is 2. The van der Waals surface area contributed by atoms with Crippen molar-refractivity contribution in [2.45, 2.75) is 0 Å². The largest absolute Gasteiger partial charge is 0.361 e. The second-order valence-electron chi connectivity index (χ2n) is 5.19. The molecule has 4 aromatic rings. The van der Waals surface area contributed by atoms with Gasteiger partial charge in [-0.25, -0.2) is 0 Å². The van der Waals surface area contributed by atoms with Crippen molar-refractivity contribution in [3.63, 3.8) is 0 Å². The zero-order valence-electron chi connectivity index (χ0n) is 12.3. The molecule has 114 valence electrons. The van der Waals surface area contributed by atoms with E-state index >= 15 is 0 Å². The van der Waals surface area contributed by atoms with Crippen LogP contribution in [0.5, 0.6) is 0 Å². The fourth-order valence-corrected chi connectivity index (χ4v) is 3.88. The quantitative estimate of drug-likeness (QED) is 0.392. The summed E-state index contributed by atoms with van der Waals surface area (Å²) in [5, 5.41) is 9.77. The molecule has 1 N–H and O–H groups in total. The van der Waals surface area contributed by atoms with Crippen LogP contribution in [0, 0.1) is 0 Å². The van der Waals surface area contributed by atoms with Crippen LogP contribution in [0.3, 0.4) is 0 Å². The van der Waals surface area contributed by atoms with Crippen LogP contribution in [0.25, 0.3) is 21.1 Å². The lowest BCUT2D eigenvalue weighted by Gasteiger charge is -1.93. The van der Waals surface area contributed by atoms with Crippen molar-refractivity contribution in [1.82, 2.24) is 9.55 Å². The van der Waals surface area contributed by atoms with Crippen molar-refractivity contribution in [3.05, 3.63) is 63.5 Å². The van der Waals surface area contributed by atoms with Gasteiger partial charge in [-0.2, -0.15) is 5.10 Å². The summed E-state index contributed by atoms with van der Waals surface area (Å²) in [6.45, 7) is 0. The Morgan fingerprint density at radius 1 is 1.22 bits per heavy atom. The standard InChI is InChI=1S/C17H13BrN4S/c1-22-15-4-2-3-5-16(15)23-17(22)21-20-10-11-9-19-14-7-6-12(18)8-13(11)14/h2-10,19H,1H3/b20-10-,21-17-. The Labute approximate surface area is 144 Å². The molecule has 23 heavy (non-hydrogen) atoms. The number of para-hydroxylation sites is 1. The van der Waals surface area contributed by atoms with E-state index in [1.807, 2.05) is 37.5 Å². The number of aromatic amines is 1. The molecule has 4 nitrogen and oxygen atoms in total. The van der Waals surface area contributed by atoms with Crippen LogP contribution >= 0.6 is 27.3 Å². The minimum absolute atomic E-state index is 0.878. The molecule has 0 aliphatic heterocycles. The molecular weight excluding hydrogens is 372 g/mol. The molecule has 0 unspecified atom stereocenters. The third kappa shape index (κ3) is 2.64. The highest BCUT2D eigenvalue weighted by molar-refractivity contribution is 9.10. The summed E-state index contributed by atoms with van der Waals surface area (Å²) in [5.74, 6) is 0. The molecule has 2 aromatic heterocycles. The molecule has 2 aromatic carbocycles. The molecule has 0 aliphatic carbocycles. The van der Waals surface area contributed by atoms with Crippen LogP contribution in [0.4, 0.5) is 0 Å². The number of nitrogens with zero attached hydrogens (tertiary/aromatic N) is 3. The first-order chi connectivity index (χ1) is 11.2. The van der Waals surface area contributed by atoms with Gasteiger partial charge in [0.15, 0.2) is 0 Å². The van der Waals surface area contributed by atoms with Gasteiger partial charge in [-0.1, -0.05) is 39.4 Å². The Kier molecular flexibility index (Phi) is 3.63. The fourth-order valence-electron chi connectivity index (χ4n) is 2.54. The Balaban J connectivity index is 1.75. The number of aryl methyl sites for hydroxylation is 1. The predicted octanol–water partition coefficient (Wildman–Crippen LogP) is 4.42. The first kappa shape index (κ1) is 14.4. The summed E-state index contributed by atoms with van der Waals surface area (Å²) in [6, 6.07) is 14.4. The van der Waals surface area contributed by atoms with Gasteiger partial charge >= 0.3 is 0 Å². The summed E-state index contributed by atoms with van der Waals surface area (Å²) >= 11 is 5.14. The Morgan fingerprint density at radius 3 is 2.96 bits per heavy atom. The maximum absolute atomic E-state index is 4.37. The highest BCUT2D eigenvalue weighted by Gasteiger charge is 2.02. The average Bonchev–Trinajstić information content (AvgIpc) is 3.10. The molecule has 0 fully saturated rings. The third-order valence-corrected chi connectivity index (χ3v) is 5.33. The first-order valence-electron chi connectivity index (χ1n) is 7.10. The van der Waals surface area contributed by atoms with Gasteiger partial charge in [-0.15, -0.1) is 5.10 Å². The van der Waals surface area contributed by atoms with Crippen LogP contribution in [0.15, 0.2) is 63.3 Å². The van der Waals surface area contributed by atoms with E-state index < -0.39 is 0 Å². The zero-order valence-corrected chi connectivity index (χ0v) is 14.7. The molecule has 0 amide bonds. The van der Waals surface area contributed by atoms with Crippen LogP contribution in [-0.4, -0.2) is 15.8 Å². The van der Waals surface area contributed by atoms with E-state index in [0.29, 0.717) is 0 Å². The third-order valence-electron chi connectivity index (χ3n) is 3.73. The Morgan fingerprint density at radius 2 is 2.09 bits per heavy atom.